The number of aromatic nitrogens is 2. The van der Waals surface area contributed by atoms with Crippen LogP contribution in [0.4, 0.5) is 0 Å². The van der Waals surface area contributed by atoms with Gasteiger partial charge in [-0.05, 0) is 42.9 Å². The van der Waals surface area contributed by atoms with Crippen LogP contribution in [0.25, 0.3) is 11.0 Å². The number of hydrogen-bond donors (Lipinski definition) is 0. The van der Waals surface area contributed by atoms with Crippen LogP contribution in [0.15, 0.2) is 54.6 Å². The average Bonchev–Trinajstić information content (AvgIpc) is 3.07. The number of piperidine rings is 1. The van der Waals surface area contributed by atoms with Gasteiger partial charge in [0.2, 0.25) is 5.91 Å². The molecule has 0 atom stereocenters. The molecular formula is C23H27N3O. The summed E-state index contributed by atoms with van der Waals surface area (Å²) >= 11 is 0. The smallest absolute Gasteiger partial charge is 0.242 e. The number of para-hydroxylation sites is 2. The van der Waals surface area contributed by atoms with Crippen LogP contribution >= 0.6 is 0 Å². The molecule has 1 fully saturated rings. The molecular weight excluding hydrogens is 334 g/mol. The van der Waals surface area contributed by atoms with E-state index in [4.69, 9.17) is 0 Å². The van der Waals surface area contributed by atoms with E-state index in [1.807, 2.05) is 23.1 Å². The van der Waals surface area contributed by atoms with Crippen molar-refractivity contribution in [1.29, 1.82) is 0 Å². The molecule has 2 heterocycles. The maximum absolute atomic E-state index is 12.9. The fourth-order valence-electron chi connectivity index (χ4n) is 4.14. The van der Waals surface area contributed by atoms with Gasteiger partial charge in [0.1, 0.15) is 12.4 Å². The molecule has 1 aromatic heterocycles. The van der Waals surface area contributed by atoms with E-state index in [9.17, 15) is 4.79 Å². The van der Waals surface area contributed by atoms with Crippen molar-refractivity contribution in [1.82, 2.24) is 14.5 Å². The zero-order valence-electron chi connectivity index (χ0n) is 16.0. The lowest BCUT2D eigenvalue weighted by atomic mass is 9.90. The second kappa shape index (κ2) is 7.95. The maximum atomic E-state index is 12.9. The van der Waals surface area contributed by atoms with Crippen molar-refractivity contribution in [2.75, 3.05) is 13.1 Å². The Morgan fingerprint density at radius 2 is 1.74 bits per heavy atom. The summed E-state index contributed by atoms with van der Waals surface area (Å²) in [7, 11) is 0. The topological polar surface area (TPSA) is 38.1 Å². The zero-order chi connectivity index (χ0) is 18.6. The van der Waals surface area contributed by atoms with Crippen molar-refractivity contribution in [2.24, 2.45) is 5.92 Å². The summed E-state index contributed by atoms with van der Waals surface area (Å²) in [6.07, 6.45) is 4.13. The van der Waals surface area contributed by atoms with Gasteiger partial charge < -0.3 is 9.47 Å². The molecule has 4 nitrogen and oxygen atoms in total. The molecule has 0 N–H and O–H groups in total. The van der Waals surface area contributed by atoms with Crippen molar-refractivity contribution in [2.45, 2.75) is 39.2 Å². The van der Waals surface area contributed by atoms with Gasteiger partial charge in [0.15, 0.2) is 0 Å². The Balaban J connectivity index is 1.39. The number of fused-ring (bicyclic) bond motifs is 1. The van der Waals surface area contributed by atoms with Crippen molar-refractivity contribution in [3.05, 3.63) is 66.0 Å². The van der Waals surface area contributed by atoms with Gasteiger partial charge in [-0.15, -0.1) is 0 Å². The van der Waals surface area contributed by atoms with Crippen molar-refractivity contribution in [3.63, 3.8) is 0 Å². The fraction of sp³-hybridized carbons (Fsp3) is 0.391. The van der Waals surface area contributed by atoms with Gasteiger partial charge in [-0.1, -0.05) is 49.4 Å². The molecule has 140 valence electrons. The minimum Gasteiger partial charge on any atom is -0.341 e. The first-order valence-corrected chi connectivity index (χ1v) is 10.0. The number of rotatable bonds is 5. The molecule has 2 aromatic carbocycles. The first-order chi connectivity index (χ1) is 13.2. The normalized spacial score (nSPS) is 15.4. The van der Waals surface area contributed by atoms with E-state index in [2.05, 4.69) is 52.9 Å². The molecule has 4 heteroatoms. The molecule has 1 aliphatic rings. The molecule has 0 bridgehead atoms. The predicted molar refractivity (Wildman–Crippen MR) is 109 cm³/mol. The molecule has 1 aliphatic heterocycles. The Morgan fingerprint density at radius 1 is 1.04 bits per heavy atom. The van der Waals surface area contributed by atoms with Crippen LogP contribution in [0.3, 0.4) is 0 Å². The van der Waals surface area contributed by atoms with Crippen molar-refractivity contribution < 1.29 is 4.79 Å². The monoisotopic (exact) mass is 361 g/mol. The van der Waals surface area contributed by atoms with Crippen molar-refractivity contribution in [3.8, 4) is 0 Å². The van der Waals surface area contributed by atoms with Crippen LogP contribution in [0.1, 0.15) is 31.2 Å². The van der Waals surface area contributed by atoms with E-state index >= 15 is 0 Å². The molecule has 0 saturated carbocycles. The van der Waals surface area contributed by atoms with E-state index < -0.39 is 0 Å². The molecule has 27 heavy (non-hydrogen) atoms. The average molecular weight is 361 g/mol. The van der Waals surface area contributed by atoms with Gasteiger partial charge >= 0.3 is 0 Å². The van der Waals surface area contributed by atoms with Gasteiger partial charge in [0.25, 0.3) is 0 Å². The van der Waals surface area contributed by atoms with E-state index in [-0.39, 0.29) is 5.91 Å². The molecule has 4 rings (SSSR count). The predicted octanol–water partition coefficient (Wildman–Crippen LogP) is 4.08. The minimum absolute atomic E-state index is 0.214. The lowest BCUT2D eigenvalue weighted by Gasteiger charge is -2.32. The van der Waals surface area contributed by atoms with E-state index in [1.165, 1.54) is 5.56 Å². The minimum atomic E-state index is 0.214. The van der Waals surface area contributed by atoms with Gasteiger partial charge in [0.05, 0.1) is 11.0 Å². The van der Waals surface area contributed by atoms with Crippen molar-refractivity contribution >= 4 is 16.9 Å². The number of likely N-dealkylation sites (tertiary alicyclic amines) is 1. The number of benzene rings is 2. The van der Waals surface area contributed by atoms with Crippen LogP contribution in [0, 0.1) is 5.92 Å². The number of nitrogens with zero attached hydrogens (tertiary/aromatic N) is 3. The highest BCUT2D eigenvalue weighted by molar-refractivity contribution is 5.81. The number of carbonyl (C=O) groups excluding carboxylic acids is 1. The Bertz CT molecular complexity index is 908. The Hall–Kier alpha value is -2.62. The molecule has 0 aliphatic carbocycles. The Morgan fingerprint density at radius 3 is 2.48 bits per heavy atom. The van der Waals surface area contributed by atoms with E-state index in [0.717, 1.165) is 55.6 Å². The number of imidazole rings is 1. The zero-order valence-corrected chi connectivity index (χ0v) is 16.0. The Labute approximate surface area is 160 Å². The van der Waals surface area contributed by atoms with Crippen LogP contribution in [-0.4, -0.2) is 33.4 Å². The molecule has 1 saturated heterocycles. The van der Waals surface area contributed by atoms with E-state index in [1.54, 1.807) is 0 Å². The number of aryl methyl sites for hydroxylation is 1. The summed E-state index contributed by atoms with van der Waals surface area (Å²) in [4.78, 5) is 19.6. The quantitative estimate of drug-likeness (QED) is 0.687. The standard InChI is InChI=1S/C23H27N3O/c1-2-22-24-20-10-6-7-11-21(20)26(22)17-23(27)25-14-12-19(13-15-25)16-18-8-4-3-5-9-18/h3-11,19H,2,12-17H2,1H3. The summed E-state index contributed by atoms with van der Waals surface area (Å²) < 4.78 is 2.09. The lowest BCUT2D eigenvalue weighted by molar-refractivity contribution is -0.133. The molecule has 3 aromatic rings. The van der Waals surface area contributed by atoms with Gasteiger partial charge in [-0.3, -0.25) is 4.79 Å². The highest BCUT2D eigenvalue weighted by Crippen LogP contribution is 2.23. The van der Waals surface area contributed by atoms with Crippen LogP contribution < -0.4 is 0 Å². The number of carbonyl (C=O) groups is 1. The third-order valence-corrected chi connectivity index (χ3v) is 5.68. The third-order valence-electron chi connectivity index (χ3n) is 5.68. The highest BCUT2D eigenvalue weighted by Gasteiger charge is 2.24. The third kappa shape index (κ3) is 3.90. The summed E-state index contributed by atoms with van der Waals surface area (Å²) in [5.74, 6) is 1.88. The molecule has 0 spiro atoms. The number of hydrogen-bond acceptors (Lipinski definition) is 2. The summed E-state index contributed by atoms with van der Waals surface area (Å²) in [5, 5.41) is 0. The summed E-state index contributed by atoms with van der Waals surface area (Å²) in [5.41, 5.74) is 3.44. The van der Waals surface area contributed by atoms with Gasteiger partial charge in [-0.2, -0.15) is 0 Å². The van der Waals surface area contributed by atoms with Crippen LogP contribution in [0.5, 0.6) is 0 Å². The lowest BCUT2D eigenvalue weighted by Crippen LogP contribution is -2.40. The maximum Gasteiger partial charge on any atom is 0.242 e. The second-order valence-corrected chi connectivity index (χ2v) is 7.47. The number of amides is 1. The van der Waals surface area contributed by atoms with E-state index in [0.29, 0.717) is 12.5 Å². The first kappa shape index (κ1) is 17.8. The highest BCUT2D eigenvalue weighted by atomic mass is 16.2. The second-order valence-electron chi connectivity index (χ2n) is 7.47. The largest absolute Gasteiger partial charge is 0.341 e. The summed E-state index contributed by atoms with van der Waals surface area (Å²) in [6.45, 7) is 4.22. The summed E-state index contributed by atoms with van der Waals surface area (Å²) in [6, 6.07) is 18.8. The molecule has 0 unspecified atom stereocenters. The molecule has 0 radical (unpaired) electrons. The van der Waals surface area contributed by atoms with Gasteiger partial charge in [0, 0.05) is 19.5 Å². The SMILES string of the molecule is CCc1nc2ccccc2n1CC(=O)N1CCC(Cc2ccccc2)CC1. The van der Waals surface area contributed by atoms with Crippen LogP contribution in [-0.2, 0) is 24.2 Å². The first-order valence-electron chi connectivity index (χ1n) is 10.0. The van der Waals surface area contributed by atoms with Crippen LogP contribution in [0.2, 0.25) is 0 Å². The van der Waals surface area contributed by atoms with Gasteiger partial charge in [-0.25, -0.2) is 4.98 Å². The molecule has 1 amide bonds. The fourth-order valence-corrected chi connectivity index (χ4v) is 4.14. The Kier molecular flexibility index (Phi) is 5.23.